The van der Waals surface area contributed by atoms with Gasteiger partial charge < -0.3 is 14.5 Å². The van der Waals surface area contributed by atoms with Crippen LogP contribution in [0.4, 0.5) is 5.69 Å². The van der Waals surface area contributed by atoms with Crippen molar-refractivity contribution in [1.82, 2.24) is 0 Å². The van der Waals surface area contributed by atoms with Gasteiger partial charge in [0.1, 0.15) is 11.3 Å². The van der Waals surface area contributed by atoms with Crippen LogP contribution in [0.15, 0.2) is 71.1 Å². The summed E-state index contributed by atoms with van der Waals surface area (Å²) < 4.78 is 11.9. The Kier molecular flexibility index (Phi) is 6.75. The van der Waals surface area contributed by atoms with E-state index in [4.69, 9.17) is 20.8 Å². The number of anilines is 1. The number of amides is 1. The molecule has 0 spiro atoms. The van der Waals surface area contributed by atoms with Crippen LogP contribution in [-0.2, 0) is 4.79 Å². The van der Waals surface area contributed by atoms with E-state index in [0.29, 0.717) is 33.0 Å². The van der Waals surface area contributed by atoms with E-state index in [0.717, 1.165) is 11.1 Å². The molecule has 3 aromatic carbocycles. The summed E-state index contributed by atoms with van der Waals surface area (Å²) in [4.78, 5) is 26.4. The maximum atomic E-state index is 13.2. The number of aryl methyl sites for hydroxylation is 1. The number of benzene rings is 3. The van der Waals surface area contributed by atoms with Crippen LogP contribution >= 0.6 is 11.6 Å². The lowest BCUT2D eigenvalue weighted by Crippen LogP contribution is -2.31. The van der Waals surface area contributed by atoms with Gasteiger partial charge in [0.2, 0.25) is 5.78 Å². The molecule has 174 valence electrons. The number of para-hydroxylation sites is 1. The van der Waals surface area contributed by atoms with E-state index in [1.165, 1.54) is 0 Å². The van der Waals surface area contributed by atoms with Crippen molar-refractivity contribution in [3.05, 3.63) is 94.2 Å². The normalized spacial score (nSPS) is 12.1. The van der Waals surface area contributed by atoms with Gasteiger partial charge in [0, 0.05) is 16.0 Å². The minimum Gasteiger partial charge on any atom is -0.481 e. The molecular formula is C28H26ClNO4. The Morgan fingerprint density at radius 3 is 2.38 bits per heavy atom. The Balaban J connectivity index is 1.65. The maximum absolute atomic E-state index is 13.2. The first-order chi connectivity index (χ1) is 16.2. The fourth-order valence-corrected chi connectivity index (χ4v) is 3.88. The molecule has 4 aromatic rings. The number of hydrogen-bond acceptors (Lipinski definition) is 4. The first-order valence-corrected chi connectivity index (χ1v) is 11.5. The molecule has 0 bridgehead atoms. The Hall–Kier alpha value is -3.57. The second-order valence-electron chi connectivity index (χ2n) is 8.58. The quantitative estimate of drug-likeness (QED) is 0.288. The number of carbonyl (C=O) groups is 2. The smallest absolute Gasteiger partial charge is 0.265 e. The van der Waals surface area contributed by atoms with Crippen LogP contribution in [0.25, 0.3) is 11.0 Å². The molecule has 0 aliphatic rings. The monoisotopic (exact) mass is 475 g/mol. The van der Waals surface area contributed by atoms with E-state index in [9.17, 15) is 9.59 Å². The highest BCUT2D eigenvalue weighted by atomic mass is 35.5. The summed E-state index contributed by atoms with van der Waals surface area (Å²) in [5, 5.41) is 4.04. The van der Waals surface area contributed by atoms with Crippen LogP contribution in [0.2, 0.25) is 5.02 Å². The van der Waals surface area contributed by atoms with Crippen molar-refractivity contribution < 1.29 is 18.7 Å². The van der Waals surface area contributed by atoms with Crippen molar-refractivity contribution in [3.8, 4) is 5.75 Å². The highest BCUT2D eigenvalue weighted by molar-refractivity contribution is 6.30. The minimum atomic E-state index is -0.800. The number of hydrogen-bond donors (Lipinski definition) is 1. The molecular weight excluding hydrogens is 450 g/mol. The van der Waals surface area contributed by atoms with Gasteiger partial charge in [0.25, 0.3) is 5.91 Å². The molecule has 1 aromatic heterocycles. The van der Waals surface area contributed by atoms with Gasteiger partial charge in [-0.2, -0.15) is 0 Å². The van der Waals surface area contributed by atoms with E-state index in [-0.39, 0.29) is 23.4 Å². The number of fused-ring (bicyclic) bond motifs is 1. The fourth-order valence-electron chi connectivity index (χ4n) is 3.75. The molecule has 0 aliphatic heterocycles. The number of ketones is 1. The average Bonchev–Trinajstić information content (AvgIpc) is 3.17. The summed E-state index contributed by atoms with van der Waals surface area (Å²) in [6.07, 6.45) is -0.800. The van der Waals surface area contributed by atoms with Gasteiger partial charge in [-0.1, -0.05) is 49.7 Å². The third-order valence-corrected chi connectivity index (χ3v) is 5.87. The highest BCUT2D eigenvalue weighted by Gasteiger charge is 2.26. The second-order valence-corrected chi connectivity index (χ2v) is 9.02. The lowest BCUT2D eigenvalue weighted by molar-refractivity contribution is -0.122. The van der Waals surface area contributed by atoms with E-state index < -0.39 is 6.10 Å². The van der Waals surface area contributed by atoms with Crippen LogP contribution in [0.3, 0.4) is 0 Å². The fraction of sp³-hybridized carbons (Fsp3) is 0.214. The number of carbonyl (C=O) groups excluding carboxylic acids is 2. The molecule has 1 atom stereocenters. The zero-order chi connectivity index (χ0) is 24.4. The topological polar surface area (TPSA) is 68.5 Å². The maximum Gasteiger partial charge on any atom is 0.265 e. The molecule has 0 saturated heterocycles. The average molecular weight is 476 g/mol. The summed E-state index contributed by atoms with van der Waals surface area (Å²) in [5.41, 5.74) is 3.31. The number of furan rings is 1. The summed E-state index contributed by atoms with van der Waals surface area (Å²) >= 11 is 5.96. The van der Waals surface area contributed by atoms with Crippen molar-refractivity contribution in [2.45, 2.75) is 39.7 Å². The first-order valence-electron chi connectivity index (χ1n) is 11.1. The third kappa shape index (κ3) is 4.85. The van der Waals surface area contributed by atoms with Gasteiger partial charge in [-0.25, -0.2) is 0 Å². The summed E-state index contributed by atoms with van der Waals surface area (Å²) in [7, 11) is 0. The molecule has 0 radical (unpaired) electrons. The van der Waals surface area contributed by atoms with Gasteiger partial charge in [0.05, 0.1) is 5.69 Å². The first kappa shape index (κ1) is 23.6. The highest BCUT2D eigenvalue weighted by Crippen LogP contribution is 2.33. The van der Waals surface area contributed by atoms with Crippen LogP contribution in [-0.4, -0.2) is 17.8 Å². The van der Waals surface area contributed by atoms with Crippen molar-refractivity contribution in [3.63, 3.8) is 0 Å². The third-order valence-electron chi connectivity index (χ3n) is 5.62. The molecule has 1 heterocycles. The molecule has 5 nitrogen and oxygen atoms in total. The van der Waals surface area contributed by atoms with Gasteiger partial charge in [-0.3, -0.25) is 9.59 Å². The zero-order valence-electron chi connectivity index (χ0n) is 19.5. The van der Waals surface area contributed by atoms with Crippen molar-refractivity contribution in [1.29, 1.82) is 0 Å². The van der Waals surface area contributed by atoms with Crippen molar-refractivity contribution in [2.24, 2.45) is 0 Å². The summed E-state index contributed by atoms with van der Waals surface area (Å²) in [5.74, 6) is 0.243. The van der Waals surface area contributed by atoms with E-state index in [1.807, 2.05) is 37.3 Å². The number of nitrogens with one attached hydrogen (secondary N) is 1. The van der Waals surface area contributed by atoms with Gasteiger partial charge in [-0.15, -0.1) is 0 Å². The zero-order valence-corrected chi connectivity index (χ0v) is 20.3. The van der Waals surface area contributed by atoms with Crippen molar-refractivity contribution in [2.75, 3.05) is 5.32 Å². The van der Waals surface area contributed by atoms with Gasteiger partial charge >= 0.3 is 0 Å². The second kappa shape index (κ2) is 9.74. The molecule has 6 heteroatoms. The summed E-state index contributed by atoms with van der Waals surface area (Å²) in [6.45, 7) is 7.82. The molecule has 34 heavy (non-hydrogen) atoms. The number of rotatable bonds is 7. The Morgan fingerprint density at radius 2 is 1.68 bits per heavy atom. The number of halogens is 1. The number of ether oxygens (including phenoxy) is 1. The molecule has 1 unspecified atom stereocenters. The largest absolute Gasteiger partial charge is 0.481 e. The van der Waals surface area contributed by atoms with Crippen molar-refractivity contribution >= 4 is 39.9 Å². The lowest BCUT2D eigenvalue weighted by atomic mass is 10.0. The predicted octanol–water partition coefficient (Wildman–Crippen LogP) is 7.16. The molecule has 4 rings (SSSR count). The van der Waals surface area contributed by atoms with Crippen LogP contribution in [0.5, 0.6) is 5.75 Å². The van der Waals surface area contributed by atoms with E-state index in [2.05, 4.69) is 19.2 Å². The predicted molar refractivity (Wildman–Crippen MR) is 135 cm³/mol. The Morgan fingerprint density at radius 1 is 0.971 bits per heavy atom. The molecule has 0 fully saturated rings. The Bertz CT molecular complexity index is 1350. The minimum absolute atomic E-state index is 0.0579. The molecule has 0 aliphatic carbocycles. The standard InChI is InChI=1S/C28H26ClNO4/c1-16(2)21-14-9-17(3)15-24(21)33-18(4)28(32)30-25-22-7-5-6-8-23(22)34-27(25)26(31)19-10-12-20(29)13-11-19/h5-16,18H,1-4H3,(H,30,32). The van der Waals surface area contributed by atoms with E-state index in [1.54, 1.807) is 43.3 Å². The molecule has 1 amide bonds. The lowest BCUT2D eigenvalue weighted by Gasteiger charge is -2.19. The van der Waals surface area contributed by atoms with Crippen LogP contribution in [0, 0.1) is 6.92 Å². The van der Waals surface area contributed by atoms with Crippen LogP contribution in [0.1, 0.15) is 53.9 Å². The summed E-state index contributed by atoms with van der Waals surface area (Å²) in [6, 6.07) is 19.7. The van der Waals surface area contributed by atoms with E-state index >= 15 is 0 Å². The van der Waals surface area contributed by atoms with Gasteiger partial charge in [-0.05, 0) is 73.4 Å². The molecule has 1 N–H and O–H groups in total. The Labute approximate surface area is 203 Å². The SMILES string of the molecule is Cc1ccc(C(C)C)c(OC(C)C(=O)Nc2c(C(=O)c3ccc(Cl)cc3)oc3ccccc23)c1. The van der Waals surface area contributed by atoms with Crippen LogP contribution < -0.4 is 10.1 Å². The van der Waals surface area contributed by atoms with Gasteiger partial charge in [0.15, 0.2) is 11.9 Å². The molecule has 0 saturated carbocycles.